The maximum absolute atomic E-state index is 11.8. The van der Waals surface area contributed by atoms with E-state index in [2.05, 4.69) is 4.74 Å². The summed E-state index contributed by atoms with van der Waals surface area (Å²) in [5.74, 6) is -0.187. The van der Waals surface area contributed by atoms with Crippen molar-refractivity contribution in [1.29, 1.82) is 5.41 Å². The molecule has 0 saturated carbocycles. The van der Waals surface area contributed by atoms with Crippen LogP contribution in [-0.2, 0) is 14.9 Å². The van der Waals surface area contributed by atoms with Gasteiger partial charge in [0.05, 0.1) is 12.8 Å². The Morgan fingerprint density at radius 3 is 2.63 bits per heavy atom. The Morgan fingerprint density at radius 2 is 2.11 bits per heavy atom. The predicted molar refractivity (Wildman–Crippen MR) is 70.3 cm³/mol. The van der Waals surface area contributed by atoms with Gasteiger partial charge in [0, 0.05) is 12.6 Å². The van der Waals surface area contributed by atoms with E-state index in [0.717, 1.165) is 11.4 Å². The second-order valence-electron chi connectivity index (χ2n) is 3.53. The summed E-state index contributed by atoms with van der Waals surface area (Å²) >= 11 is 0. The number of nitrogens with two attached hydrogens (primary N) is 1. The number of amides is 1. The molecule has 104 valence electrons. The minimum Gasteiger partial charge on any atom is -0.452 e. The van der Waals surface area contributed by atoms with Crippen molar-refractivity contribution >= 4 is 27.8 Å². The van der Waals surface area contributed by atoms with E-state index in [1.807, 2.05) is 0 Å². The normalized spacial score (nSPS) is 10.6. The first kappa shape index (κ1) is 14.8. The Labute approximate surface area is 110 Å². The number of hydrogen-bond acceptors (Lipinski definition) is 5. The van der Waals surface area contributed by atoms with Crippen molar-refractivity contribution in [3.63, 3.8) is 0 Å². The first-order valence-corrected chi connectivity index (χ1v) is 6.51. The molecule has 0 heterocycles. The van der Waals surface area contributed by atoms with Gasteiger partial charge >= 0.3 is 16.3 Å². The van der Waals surface area contributed by atoms with E-state index in [9.17, 15) is 13.2 Å². The van der Waals surface area contributed by atoms with E-state index in [1.54, 1.807) is 16.9 Å². The number of nitrogens with one attached hydrogen (secondary N) is 2. The zero-order chi connectivity index (χ0) is 14.6. The fourth-order valence-corrected chi connectivity index (χ4v) is 2.05. The summed E-state index contributed by atoms with van der Waals surface area (Å²) < 4.78 is 30.4. The van der Waals surface area contributed by atoms with Gasteiger partial charge in [0.2, 0.25) is 0 Å². The third-order valence-corrected chi connectivity index (χ3v) is 3.64. The number of ether oxygens (including phenoxy) is 1. The van der Waals surface area contributed by atoms with Crippen LogP contribution in [0.2, 0.25) is 0 Å². The molecule has 0 radical (unpaired) electrons. The van der Waals surface area contributed by atoms with Crippen molar-refractivity contribution < 1.29 is 17.9 Å². The minimum atomic E-state index is -4.07. The molecule has 0 aliphatic carbocycles. The molecule has 0 atom stereocenters. The second kappa shape index (κ2) is 5.57. The molecule has 1 aromatic carbocycles. The first-order valence-electron chi connectivity index (χ1n) is 5.07. The van der Waals surface area contributed by atoms with Crippen LogP contribution in [0.4, 0.5) is 10.5 Å². The average molecular weight is 286 g/mol. The molecule has 4 N–H and O–H groups in total. The zero-order valence-electron chi connectivity index (χ0n) is 10.4. The lowest BCUT2D eigenvalue weighted by molar-refractivity contribution is 0.177. The molecule has 1 aromatic rings. The summed E-state index contributed by atoms with van der Waals surface area (Å²) in [6, 6.07) is 6.04. The third kappa shape index (κ3) is 3.58. The highest BCUT2D eigenvalue weighted by Crippen LogP contribution is 2.17. The van der Waals surface area contributed by atoms with Crippen LogP contribution in [0, 0.1) is 5.41 Å². The Bertz CT molecular complexity index is 599. The lowest BCUT2D eigenvalue weighted by atomic mass is 10.2. The van der Waals surface area contributed by atoms with E-state index < -0.39 is 16.3 Å². The second-order valence-corrected chi connectivity index (χ2v) is 5.23. The van der Waals surface area contributed by atoms with Crippen molar-refractivity contribution in [2.24, 2.45) is 5.73 Å². The monoisotopic (exact) mass is 286 g/mol. The molecule has 0 bridgehead atoms. The highest BCUT2D eigenvalue weighted by Gasteiger charge is 2.21. The van der Waals surface area contributed by atoms with Crippen molar-refractivity contribution in [3.05, 3.63) is 29.8 Å². The maximum atomic E-state index is 11.8. The fourth-order valence-electron chi connectivity index (χ4n) is 1.22. The number of amidine groups is 1. The molecule has 0 fully saturated rings. The van der Waals surface area contributed by atoms with Gasteiger partial charge in [-0.2, -0.15) is 8.42 Å². The number of methoxy groups -OCH3 is 1. The van der Waals surface area contributed by atoms with Crippen LogP contribution in [-0.4, -0.2) is 34.5 Å². The molecule has 0 aromatic heterocycles. The molecule has 1 amide bonds. The van der Waals surface area contributed by atoms with Gasteiger partial charge in [-0.3, -0.25) is 9.71 Å². The number of rotatable bonds is 4. The lowest BCUT2D eigenvalue weighted by Gasteiger charge is -2.19. The van der Waals surface area contributed by atoms with E-state index in [4.69, 9.17) is 11.1 Å². The molecule has 0 aliphatic rings. The van der Waals surface area contributed by atoms with Crippen LogP contribution < -0.4 is 14.8 Å². The minimum absolute atomic E-state index is 0.187. The maximum Gasteiger partial charge on any atom is 0.422 e. The number of nitrogens with zero attached hydrogens (tertiary/aromatic N) is 1. The molecule has 0 spiro atoms. The number of anilines is 1. The topological polar surface area (TPSA) is 126 Å². The number of hydrogen-bond donors (Lipinski definition) is 3. The summed E-state index contributed by atoms with van der Waals surface area (Å²) in [6.45, 7) is 0. The number of benzene rings is 1. The molecule has 8 nitrogen and oxygen atoms in total. The van der Waals surface area contributed by atoms with Crippen LogP contribution in [0.15, 0.2) is 24.3 Å². The molecule has 1 rings (SSSR count). The zero-order valence-corrected chi connectivity index (χ0v) is 11.2. The van der Waals surface area contributed by atoms with Gasteiger partial charge in [0.25, 0.3) is 0 Å². The largest absolute Gasteiger partial charge is 0.452 e. The predicted octanol–water partition coefficient (Wildman–Crippen LogP) is 0.00767. The van der Waals surface area contributed by atoms with Crippen molar-refractivity contribution in [2.45, 2.75) is 0 Å². The van der Waals surface area contributed by atoms with E-state index in [-0.39, 0.29) is 11.5 Å². The van der Waals surface area contributed by atoms with Gasteiger partial charge in [-0.15, -0.1) is 0 Å². The number of nitrogen functional groups attached to an aromatic ring is 1. The van der Waals surface area contributed by atoms with Crippen molar-refractivity contribution in [1.82, 2.24) is 4.72 Å². The van der Waals surface area contributed by atoms with Crippen molar-refractivity contribution in [3.8, 4) is 0 Å². The summed E-state index contributed by atoms with van der Waals surface area (Å²) in [6.07, 6.45) is -1.09. The van der Waals surface area contributed by atoms with Gasteiger partial charge in [0.1, 0.15) is 5.84 Å². The smallest absolute Gasteiger partial charge is 0.422 e. The summed E-state index contributed by atoms with van der Waals surface area (Å²) in [5.41, 5.74) is 5.95. The highest BCUT2D eigenvalue weighted by molar-refractivity contribution is 7.91. The molecule has 0 aliphatic heterocycles. The van der Waals surface area contributed by atoms with E-state index >= 15 is 0 Å². The summed E-state index contributed by atoms with van der Waals surface area (Å²) in [7, 11) is -1.76. The summed E-state index contributed by atoms with van der Waals surface area (Å²) in [4.78, 5) is 10.9. The van der Waals surface area contributed by atoms with Gasteiger partial charge in [-0.05, 0) is 12.1 Å². The van der Waals surface area contributed by atoms with Crippen molar-refractivity contribution in [2.75, 3.05) is 18.5 Å². The fraction of sp³-hybridized carbons (Fsp3) is 0.200. The van der Waals surface area contributed by atoms with E-state index in [1.165, 1.54) is 19.2 Å². The number of carbonyl (C=O) groups is 1. The molecule has 19 heavy (non-hydrogen) atoms. The van der Waals surface area contributed by atoms with Crippen LogP contribution in [0.1, 0.15) is 5.56 Å². The van der Waals surface area contributed by atoms with E-state index in [0.29, 0.717) is 5.56 Å². The Balaban J connectivity index is 3.06. The van der Waals surface area contributed by atoms with Crippen LogP contribution in [0.25, 0.3) is 0 Å². The summed E-state index contributed by atoms with van der Waals surface area (Å²) in [5, 5.41) is 7.29. The van der Waals surface area contributed by atoms with Gasteiger partial charge in [-0.1, -0.05) is 12.1 Å². The third-order valence-electron chi connectivity index (χ3n) is 2.28. The first-order chi connectivity index (χ1) is 8.77. The molecular weight excluding hydrogens is 272 g/mol. The van der Waals surface area contributed by atoms with Crippen LogP contribution in [0.5, 0.6) is 0 Å². The van der Waals surface area contributed by atoms with Gasteiger partial charge in [-0.25, -0.2) is 9.52 Å². The Hall–Kier alpha value is -2.29. The lowest BCUT2D eigenvalue weighted by Crippen LogP contribution is -2.41. The molecule has 0 saturated heterocycles. The van der Waals surface area contributed by atoms with Gasteiger partial charge in [0.15, 0.2) is 0 Å². The van der Waals surface area contributed by atoms with Gasteiger partial charge < -0.3 is 10.5 Å². The molecule has 9 heteroatoms. The quantitative estimate of drug-likeness (QED) is 0.531. The highest BCUT2D eigenvalue weighted by atomic mass is 32.2. The Kier molecular flexibility index (Phi) is 4.33. The standard InChI is InChI=1S/C10H14N4O4S/c1-14(19(16,17)13-10(15)18-2)8-5-3-4-7(6-8)9(11)12/h3-6H,1-2H3,(H3,11,12)(H,13,15). The van der Waals surface area contributed by atoms with Crippen LogP contribution in [0.3, 0.4) is 0 Å². The Morgan fingerprint density at radius 1 is 1.47 bits per heavy atom. The average Bonchev–Trinajstić information content (AvgIpc) is 2.37. The SMILES string of the molecule is COC(=O)NS(=O)(=O)N(C)c1cccc(C(=N)N)c1. The molecular formula is C10H14N4O4S. The molecule has 0 unspecified atom stereocenters. The number of carbonyl (C=O) groups excluding carboxylic acids is 1. The van der Waals surface area contributed by atoms with Crippen LogP contribution >= 0.6 is 0 Å².